The average molecular weight is 365 g/mol. The van der Waals surface area contributed by atoms with E-state index in [-0.39, 0.29) is 29.9 Å². The molecule has 0 aromatic heterocycles. The van der Waals surface area contributed by atoms with Crippen LogP contribution in [0.1, 0.15) is 23.1 Å². The number of amides is 2. The first-order valence-corrected chi connectivity index (χ1v) is 8.18. The third-order valence-corrected chi connectivity index (χ3v) is 4.36. The molecule has 0 bridgehead atoms. The smallest absolute Gasteiger partial charge is 0.251 e. The van der Waals surface area contributed by atoms with E-state index in [0.717, 1.165) is 0 Å². The molecule has 6 nitrogen and oxygen atoms in total. The Labute approximate surface area is 155 Å². The first kappa shape index (κ1) is 18.1. The van der Waals surface area contributed by atoms with Crippen molar-refractivity contribution in [2.75, 3.05) is 11.9 Å². The van der Waals surface area contributed by atoms with Crippen molar-refractivity contribution in [2.45, 2.75) is 13.0 Å². The van der Waals surface area contributed by atoms with Gasteiger partial charge < -0.3 is 15.3 Å². The number of likely N-dealkylation sites (N-methyl/N-ethyl adjacent to an activating group) is 1. The van der Waals surface area contributed by atoms with Gasteiger partial charge in [-0.25, -0.2) is 4.39 Å². The lowest BCUT2D eigenvalue weighted by molar-refractivity contribution is -0.121. The van der Waals surface area contributed by atoms with Crippen molar-refractivity contribution in [3.8, 4) is 6.07 Å². The predicted molar refractivity (Wildman–Crippen MR) is 97.0 cm³/mol. The Balaban J connectivity index is 2.06. The van der Waals surface area contributed by atoms with E-state index in [0.29, 0.717) is 16.8 Å². The number of rotatable bonds is 3. The zero-order chi connectivity index (χ0) is 19.6. The molecule has 2 amide bonds. The molecule has 0 atom stereocenters. The summed E-state index contributed by atoms with van der Waals surface area (Å²) < 4.78 is 13.6. The molecule has 2 aromatic rings. The number of hydrogen-bond donors (Lipinski definition) is 2. The lowest BCUT2D eigenvalue weighted by atomic mass is 10.1. The Morgan fingerprint density at radius 2 is 2.07 bits per heavy atom. The molecule has 3 rings (SSSR count). The average Bonchev–Trinajstić information content (AvgIpc) is 2.79. The van der Waals surface area contributed by atoms with Crippen LogP contribution in [0.3, 0.4) is 0 Å². The van der Waals surface area contributed by atoms with E-state index in [1.807, 2.05) is 0 Å². The Morgan fingerprint density at radius 3 is 2.78 bits per heavy atom. The molecule has 0 fully saturated rings. The van der Waals surface area contributed by atoms with Crippen LogP contribution >= 0.6 is 0 Å². The van der Waals surface area contributed by atoms with Gasteiger partial charge in [0.05, 0.1) is 29.8 Å². The molecule has 7 heteroatoms. The fourth-order valence-electron chi connectivity index (χ4n) is 2.99. The fourth-order valence-corrected chi connectivity index (χ4v) is 2.99. The number of halogens is 1. The summed E-state index contributed by atoms with van der Waals surface area (Å²) in [5, 5.41) is 22.0. The first-order valence-electron chi connectivity index (χ1n) is 8.18. The number of carbonyl (C=O) groups excluding carboxylic acids is 2. The minimum absolute atomic E-state index is 0.0192. The van der Waals surface area contributed by atoms with Gasteiger partial charge in [-0.1, -0.05) is 18.2 Å². The molecule has 0 saturated carbocycles. The molecule has 0 radical (unpaired) electrons. The van der Waals surface area contributed by atoms with Crippen LogP contribution in [0, 0.1) is 17.1 Å². The highest BCUT2D eigenvalue weighted by Gasteiger charge is 2.30. The SMILES string of the molecule is CNC(=O)C1=C(O)c2ccccc2N(Cc2ccc(F)c(C#N)c2)C(=O)C1. The Hall–Kier alpha value is -3.66. The van der Waals surface area contributed by atoms with Crippen molar-refractivity contribution in [1.82, 2.24) is 5.32 Å². The highest BCUT2D eigenvalue weighted by molar-refractivity contribution is 6.10. The highest BCUT2D eigenvalue weighted by Crippen LogP contribution is 2.34. The lowest BCUT2D eigenvalue weighted by Crippen LogP contribution is -2.31. The quantitative estimate of drug-likeness (QED) is 0.874. The van der Waals surface area contributed by atoms with E-state index < -0.39 is 17.6 Å². The molecule has 2 N–H and O–H groups in total. The normalized spacial score (nSPS) is 13.7. The molecule has 1 aliphatic heterocycles. The van der Waals surface area contributed by atoms with Crippen LogP contribution in [0.25, 0.3) is 5.76 Å². The van der Waals surface area contributed by atoms with Gasteiger partial charge in [0.2, 0.25) is 5.91 Å². The Bertz CT molecular complexity index is 1010. The summed E-state index contributed by atoms with van der Waals surface area (Å²) >= 11 is 0. The van der Waals surface area contributed by atoms with Crippen LogP contribution in [0.15, 0.2) is 48.0 Å². The van der Waals surface area contributed by atoms with Crippen LogP contribution in [0.4, 0.5) is 10.1 Å². The number of aliphatic hydroxyl groups excluding tert-OH is 1. The van der Waals surface area contributed by atoms with Gasteiger partial charge >= 0.3 is 0 Å². The number of hydrogen-bond acceptors (Lipinski definition) is 4. The van der Waals surface area contributed by atoms with Crippen LogP contribution in [0.2, 0.25) is 0 Å². The fraction of sp³-hybridized carbons (Fsp3) is 0.150. The van der Waals surface area contributed by atoms with Gasteiger partial charge in [0, 0.05) is 12.6 Å². The lowest BCUT2D eigenvalue weighted by Gasteiger charge is -2.23. The highest BCUT2D eigenvalue weighted by atomic mass is 19.1. The van der Waals surface area contributed by atoms with Crippen LogP contribution in [-0.2, 0) is 16.1 Å². The van der Waals surface area contributed by atoms with Crippen molar-refractivity contribution in [3.05, 3.63) is 70.5 Å². The Kier molecular flexibility index (Phi) is 4.90. The molecule has 1 aliphatic rings. The molecule has 0 saturated heterocycles. The molecule has 136 valence electrons. The van der Waals surface area contributed by atoms with Crippen molar-refractivity contribution in [3.63, 3.8) is 0 Å². The standard InChI is InChI=1S/C20H16FN3O3/c1-23-20(27)15-9-18(25)24(17-5-3-2-4-14(17)19(15)26)11-12-6-7-16(21)13(8-12)10-22/h2-8,26H,9,11H2,1H3,(H,23,27). The summed E-state index contributed by atoms with van der Waals surface area (Å²) in [5.41, 5.74) is 1.20. The van der Waals surface area contributed by atoms with E-state index in [4.69, 9.17) is 5.26 Å². The number of carbonyl (C=O) groups is 2. The zero-order valence-corrected chi connectivity index (χ0v) is 14.5. The minimum atomic E-state index is -0.634. The molecule has 0 spiro atoms. The van der Waals surface area contributed by atoms with E-state index in [2.05, 4.69) is 5.32 Å². The molecule has 2 aromatic carbocycles. The van der Waals surface area contributed by atoms with Gasteiger partial charge in [0.25, 0.3) is 5.91 Å². The maximum absolute atomic E-state index is 13.6. The molecule has 1 heterocycles. The van der Waals surface area contributed by atoms with E-state index in [1.54, 1.807) is 30.3 Å². The molecule has 27 heavy (non-hydrogen) atoms. The summed E-state index contributed by atoms with van der Waals surface area (Å²) in [6.45, 7) is 0.0686. The van der Waals surface area contributed by atoms with Crippen molar-refractivity contribution >= 4 is 23.3 Å². The van der Waals surface area contributed by atoms with Crippen LogP contribution in [-0.4, -0.2) is 24.0 Å². The third kappa shape index (κ3) is 3.37. The minimum Gasteiger partial charge on any atom is -0.507 e. The predicted octanol–water partition coefficient (Wildman–Crippen LogP) is 2.65. The molecule has 0 unspecified atom stereocenters. The summed E-state index contributed by atoms with van der Waals surface area (Å²) in [7, 11) is 1.42. The molecule has 0 aliphatic carbocycles. The number of fused-ring (bicyclic) bond motifs is 1. The number of para-hydroxylation sites is 1. The van der Waals surface area contributed by atoms with E-state index >= 15 is 0 Å². The van der Waals surface area contributed by atoms with Crippen LogP contribution < -0.4 is 10.2 Å². The number of anilines is 1. The largest absolute Gasteiger partial charge is 0.507 e. The summed E-state index contributed by atoms with van der Waals surface area (Å²) in [5.74, 6) is -1.82. The monoisotopic (exact) mass is 365 g/mol. The second-order valence-corrected chi connectivity index (χ2v) is 6.01. The second-order valence-electron chi connectivity index (χ2n) is 6.01. The van der Waals surface area contributed by atoms with Crippen molar-refractivity contribution < 1.29 is 19.1 Å². The Morgan fingerprint density at radius 1 is 1.33 bits per heavy atom. The van der Waals surface area contributed by atoms with Gasteiger partial charge in [0.15, 0.2) is 0 Å². The number of aliphatic hydroxyl groups is 1. The summed E-state index contributed by atoms with van der Waals surface area (Å²) in [6, 6.07) is 12.5. The number of nitrogens with one attached hydrogen (secondary N) is 1. The topological polar surface area (TPSA) is 93.4 Å². The maximum Gasteiger partial charge on any atom is 0.251 e. The number of nitrogens with zero attached hydrogens (tertiary/aromatic N) is 2. The van der Waals surface area contributed by atoms with Gasteiger partial charge in [-0.3, -0.25) is 9.59 Å². The van der Waals surface area contributed by atoms with E-state index in [1.165, 1.54) is 30.1 Å². The second kappa shape index (κ2) is 7.30. The van der Waals surface area contributed by atoms with Crippen molar-refractivity contribution in [2.24, 2.45) is 0 Å². The molecular formula is C20H16FN3O3. The third-order valence-electron chi connectivity index (χ3n) is 4.36. The van der Waals surface area contributed by atoms with Gasteiger partial charge in [-0.15, -0.1) is 0 Å². The van der Waals surface area contributed by atoms with Gasteiger partial charge in [0.1, 0.15) is 17.6 Å². The van der Waals surface area contributed by atoms with Crippen LogP contribution in [0.5, 0.6) is 0 Å². The number of benzene rings is 2. The summed E-state index contributed by atoms with van der Waals surface area (Å²) in [6.07, 6.45) is -0.285. The number of nitriles is 1. The summed E-state index contributed by atoms with van der Waals surface area (Å²) in [4.78, 5) is 26.3. The van der Waals surface area contributed by atoms with Gasteiger partial charge in [-0.05, 0) is 29.8 Å². The van der Waals surface area contributed by atoms with Crippen molar-refractivity contribution in [1.29, 1.82) is 5.26 Å². The van der Waals surface area contributed by atoms with E-state index in [9.17, 15) is 19.1 Å². The maximum atomic E-state index is 13.6. The molecular weight excluding hydrogens is 349 g/mol. The first-order chi connectivity index (χ1) is 13.0. The zero-order valence-electron chi connectivity index (χ0n) is 14.5. The van der Waals surface area contributed by atoms with Gasteiger partial charge in [-0.2, -0.15) is 5.26 Å².